The molecule has 0 aliphatic heterocycles. The molecule has 0 saturated carbocycles. The average molecular weight is 412 g/mol. The highest BCUT2D eigenvalue weighted by atomic mass is 35.5. The number of anilines is 1. The first-order chi connectivity index (χ1) is 11.9. The van der Waals surface area contributed by atoms with Crippen molar-refractivity contribution in [3.8, 4) is 0 Å². The van der Waals surface area contributed by atoms with Crippen LogP contribution >= 0.6 is 34.5 Å². The Labute approximate surface area is 159 Å². The molecule has 1 amide bonds. The van der Waals surface area contributed by atoms with E-state index >= 15 is 0 Å². The molecule has 0 aliphatic carbocycles. The van der Waals surface area contributed by atoms with Gasteiger partial charge in [0.2, 0.25) is 0 Å². The molecule has 0 spiro atoms. The van der Waals surface area contributed by atoms with Crippen LogP contribution in [-0.4, -0.2) is 14.3 Å². The fraction of sp³-hybridized carbons (Fsp3) is 0. The Hall–Kier alpha value is -1.86. The fourth-order valence-corrected chi connectivity index (χ4v) is 5.05. The van der Waals surface area contributed by atoms with Crippen molar-refractivity contribution in [1.82, 2.24) is 0 Å². The Balaban J connectivity index is 2.15. The van der Waals surface area contributed by atoms with E-state index < -0.39 is 15.9 Å². The molecule has 0 aliphatic rings. The predicted molar refractivity (Wildman–Crippen MR) is 101 cm³/mol. The van der Waals surface area contributed by atoms with Gasteiger partial charge in [0.1, 0.15) is 5.00 Å². The highest BCUT2D eigenvalue weighted by Gasteiger charge is 2.33. The number of carbonyl (C=O) groups excluding carboxylic acids is 1. The maximum Gasteiger partial charge on any atom is 0.274 e. The molecular weight excluding hydrogens is 401 g/mol. The molecule has 1 aromatic heterocycles. The van der Waals surface area contributed by atoms with E-state index in [4.69, 9.17) is 23.2 Å². The van der Waals surface area contributed by atoms with Crippen molar-refractivity contribution in [1.29, 1.82) is 0 Å². The lowest BCUT2D eigenvalue weighted by molar-refractivity contribution is 0.101. The lowest BCUT2D eigenvalue weighted by Crippen LogP contribution is -2.36. The summed E-state index contributed by atoms with van der Waals surface area (Å²) < 4.78 is 26.9. The van der Waals surface area contributed by atoms with Gasteiger partial charge in [0.15, 0.2) is 0 Å². The molecule has 0 N–H and O–H groups in total. The summed E-state index contributed by atoms with van der Waals surface area (Å²) in [7, 11) is -4.10. The van der Waals surface area contributed by atoms with E-state index in [0.717, 1.165) is 15.6 Å². The third-order valence-corrected chi connectivity index (χ3v) is 6.56. The van der Waals surface area contributed by atoms with Gasteiger partial charge in [0.05, 0.1) is 15.5 Å². The van der Waals surface area contributed by atoms with Crippen LogP contribution < -0.4 is 4.31 Å². The van der Waals surface area contributed by atoms with E-state index in [1.807, 2.05) is 0 Å². The van der Waals surface area contributed by atoms with Gasteiger partial charge in [-0.15, -0.1) is 11.3 Å². The van der Waals surface area contributed by atoms with Crippen LogP contribution in [0.4, 0.5) is 5.00 Å². The Morgan fingerprint density at radius 3 is 2.28 bits per heavy atom. The van der Waals surface area contributed by atoms with Crippen molar-refractivity contribution in [3.63, 3.8) is 0 Å². The number of amides is 1. The number of carbonyl (C=O) groups is 1. The van der Waals surface area contributed by atoms with Crippen molar-refractivity contribution in [2.45, 2.75) is 4.90 Å². The van der Waals surface area contributed by atoms with Gasteiger partial charge in [-0.1, -0.05) is 41.4 Å². The normalized spacial score (nSPS) is 11.3. The van der Waals surface area contributed by atoms with E-state index in [1.165, 1.54) is 30.3 Å². The second-order valence-electron chi connectivity index (χ2n) is 4.96. The van der Waals surface area contributed by atoms with E-state index in [2.05, 4.69) is 0 Å². The van der Waals surface area contributed by atoms with Crippen molar-refractivity contribution < 1.29 is 13.2 Å². The third kappa shape index (κ3) is 3.57. The molecule has 4 nitrogen and oxygen atoms in total. The van der Waals surface area contributed by atoms with E-state index in [-0.39, 0.29) is 20.5 Å². The van der Waals surface area contributed by atoms with Crippen molar-refractivity contribution >= 4 is 55.5 Å². The van der Waals surface area contributed by atoms with Crippen molar-refractivity contribution in [2.75, 3.05) is 4.31 Å². The number of nitrogens with zero attached hydrogens (tertiary/aromatic N) is 1. The first-order valence-corrected chi connectivity index (χ1v) is 10.1. The van der Waals surface area contributed by atoms with Crippen LogP contribution in [0.15, 0.2) is 70.9 Å². The Morgan fingerprint density at radius 1 is 0.960 bits per heavy atom. The number of sulfonamides is 1. The summed E-state index contributed by atoms with van der Waals surface area (Å²) in [6.45, 7) is 0. The first kappa shape index (κ1) is 17.9. The van der Waals surface area contributed by atoms with Crippen molar-refractivity contribution in [2.24, 2.45) is 0 Å². The molecule has 0 saturated heterocycles. The van der Waals surface area contributed by atoms with Crippen LogP contribution in [0.3, 0.4) is 0 Å². The van der Waals surface area contributed by atoms with Gasteiger partial charge in [0, 0.05) is 5.02 Å². The molecule has 8 heteroatoms. The van der Waals surface area contributed by atoms with E-state index in [9.17, 15) is 13.2 Å². The Kier molecular flexibility index (Phi) is 5.15. The van der Waals surface area contributed by atoms with Crippen molar-refractivity contribution in [3.05, 3.63) is 81.7 Å². The summed E-state index contributed by atoms with van der Waals surface area (Å²) in [6, 6.07) is 15.3. The number of thiophene rings is 1. The molecule has 2 aromatic carbocycles. The lowest BCUT2D eigenvalue weighted by atomic mass is 10.2. The molecule has 25 heavy (non-hydrogen) atoms. The highest BCUT2D eigenvalue weighted by Crippen LogP contribution is 2.32. The van der Waals surface area contributed by atoms with E-state index in [0.29, 0.717) is 5.02 Å². The van der Waals surface area contributed by atoms with Gasteiger partial charge >= 0.3 is 0 Å². The van der Waals surface area contributed by atoms with Gasteiger partial charge in [-0.05, 0) is 47.8 Å². The zero-order valence-corrected chi connectivity index (χ0v) is 15.7. The van der Waals surface area contributed by atoms with Crippen LogP contribution in [0.25, 0.3) is 0 Å². The number of halogens is 2. The molecular formula is C17H11Cl2NO3S2. The maximum absolute atomic E-state index is 13.1. The van der Waals surface area contributed by atoms with Gasteiger partial charge < -0.3 is 0 Å². The number of hydrogen-bond acceptors (Lipinski definition) is 4. The lowest BCUT2D eigenvalue weighted by Gasteiger charge is -2.21. The standard InChI is InChI=1S/C17H11Cl2NO3S2/c18-12-8-9-14(15(19)11-12)17(21)20(16-7-4-10-24-16)25(22,23)13-5-2-1-3-6-13/h1-11H. The molecule has 0 unspecified atom stereocenters. The number of benzene rings is 2. The Morgan fingerprint density at radius 2 is 1.68 bits per heavy atom. The minimum Gasteiger partial charge on any atom is -0.267 e. The molecule has 0 fully saturated rings. The molecule has 1 heterocycles. The average Bonchev–Trinajstić information content (AvgIpc) is 3.09. The van der Waals surface area contributed by atoms with Crippen LogP contribution in [0, 0.1) is 0 Å². The van der Waals surface area contributed by atoms with Gasteiger partial charge in [0.25, 0.3) is 15.9 Å². The highest BCUT2D eigenvalue weighted by molar-refractivity contribution is 7.93. The zero-order valence-electron chi connectivity index (χ0n) is 12.6. The summed E-state index contributed by atoms with van der Waals surface area (Å²) >= 11 is 13.1. The van der Waals surface area contributed by atoms with Crippen LogP contribution in [0.5, 0.6) is 0 Å². The van der Waals surface area contributed by atoms with Crippen LogP contribution in [0.1, 0.15) is 10.4 Å². The molecule has 0 radical (unpaired) electrons. The number of hydrogen-bond donors (Lipinski definition) is 0. The van der Waals surface area contributed by atoms with Crippen LogP contribution in [0.2, 0.25) is 10.0 Å². The summed E-state index contributed by atoms with van der Waals surface area (Å²) in [5.74, 6) is -0.743. The van der Waals surface area contributed by atoms with Gasteiger partial charge in [-0.25, -0.2) is 8.42 Å². The molecule has 0 bridgehead atoms. The monoisotopic (exact) mass is 411 g/mol. The van der Waals surface area contributed by atoms with E-state index in [1.54, 1.807) is 35.7 Å². The molecule has 3 aromatic rings. The smallest absolute Gasteiger partial charge is 0.267 e. The molecule has 0 atom stereocenters. The second-order valence-corrected chi connectivity index (χ2v) is 8.52. The van der Waals surface area contributed by atoms with Gasteiger partial charge in [-0.3, -0.25) is 4.79 Å². The molecule has 128 valence electrons. The summed E-state index contributed by atoms with van der Waals surface area (Å²) in [4.78, 5) is 13.0. The third-order valence-electron chi connectivity index (χ3n) is 3.33. The summed E-state index contributed by atoms with van der Waals surface area (Å²) in [5, 5.41) is 2.41. The summed E-state index contributed by atoms with van der Waals surface area (Å²) in [5.41, 5.74) is 0.0546. The predicted octanol–water partition coefficient (Wildman–Crippen LogP) is 5.09. The minimum atomic E-state index is -4.10. The largest absolute Gasteiger partial charge is 0.274 e. The maximum atomic E-state index is 13.1. The summed E-state index contributed by atoms with van der Waals surface area (Å²) in [6.07, 6.45) is 0. The van der Waals surface area contributed by atoms with Crippen LogP contribution in [-0.2, 0) is 10.0 Å². The Bertz CT molecular complexity index is 1000. The fourth-order valence-electron chi connectivity index (χ4n) is 2.18. The second kappa shape index (κ2) is 7.17. The quantitative estimate of drug-likeness (QED) is 0.600. The zero-order chi connectivity index (χ0) is 18.0. The minimum absolute atomic E-state index is 0.0156. The topological polar surface area (TPSA) is 54.5 Å². The number of rotatable bonds is 4. The van der Waals surface area contributed by atoms with Gasteiger partial charge in [-0.2, -0.15) is 4.31 Å². The SMILES string of the molecule is O=C(c1ccc(Cl)cc1Cl)N(c1cccs1)S(=O)(=O)c1ccccc1. The molecule has 3 rings (SSSR count). The first-order valence-electron chi connectivity index (χ1n) is 7.04.